The van der Waals surface area contributed by atoms with E-state index < -0.39 is 40.3 Å². The molecule has 2 fully saturated rings. The van der Waals surface area contributed by atoms with Crippen LogP contribution in [-0.4, -0.2) is 85.9 Å². The number of β-amino-alcohol motifs (C(OH)–C–C–N with tert-alkyl or cyclic N) is 1. The van der Waals surface area contributed by atoms with Crippen LogP contribution in [0.15, 0.2) is 54.6 Å². The van der Waals surface area contributed by atoms with Crippen molar-refractivity contribution in [2.24, 2.45) is 0 Å². The summed E-state index contributed by atoms with van der Waals surface area (Å²) in [4.78, 5) is 42.9. The van der Waals surface area contributed by atoms with Gasteiger partial charge in [-0.15, -0.1) is 11.8 Å². The molecule has 2 aliphatic rings. The van der Waals surface area contributed by atoms with Crippen molar-refractivity contribution in [1.29, 1.82) is 0 Å². The average Bonchev–Trinajstić information content (AvgIpc) is 3.49. The number of rotatable bonds is 8. The number of amides is 4. The Bertz CT molecular complexity index is 1180. The average molecular weight is 555 g/mol. The monoisotopic (exact) mass is 554 g/mol. The maximum atomic E-state index is 13.7. The van der Waals surface area contributed by atoms with Crippen molar-refractivity contribution in [2.75, 3.05) is 19.6 Å². The fourth-order valence-electron chi connectivity index (χ4n) is 4.99. The van der Waals surface area contributed by atoms with E-state index in [-0.39, 0.29) is 25.4 Å². The number of aliphatic hydroxyl groups excluding tert-OH is 2. The number of benzene rings is 2. The lowest BCUT2D eigenvalue weighted by atomic mass is 10.00. The molecule has 9 nitrogen and oxygen atoms in total. The zero-order valence-corrected chi connectivity index (χ0v) is 23.5. The van der Waals surface area contributed by atoms with E-state index in [0.717, 1.165) is 16.7 Å². The van der Waals surface area contributed by atoms with E-state index in [9.17, 15) is 24.6 Å². The number of aryl methyl sites for hydroxylation is 1. The van der Waals surface area contributed by atoms with E-state index in [1.165, 1.54) is 21.6 Å². The van der Waals surface area contributed by atoms with Gasteiger partial charge in [-0.2, -0.15) is 0 Å². The quantitative estimate of drug-likeness (QED) is 0.396. The topological polar surface area (TPSA) is 122 Å². The standard InChI is InChI=1S/C29H38N4O5S/c1-19-9-7-8-12-21(19)16-30-25(36)27-33(18-29(2,3)39-27)26(37)24(35)23(15-20-10-5-4-6-11-20)31-28(38)32-14-13-22(34)17-32/h4-12,22-24,27,34-35H,13-18H2,1-3H3,(H,30,36)(H,31,38). The minimum atomic E-state index is -1.57. The van der Waals surface area contributed by atoms with Crippen LogP contribution in [0.1, 0.15) is 37.0 Å². The van der Waals surface area contributed by atoms with E-state index in [4.69, 9.17) is 0 Å². The van der Waals surface area contributed by atoms with Gasteiger partial charge in [-0.1, -0.05) is 54.6 Å². The smallest absolute Gasteiger partial charge is 0.317 e. The lowest BCUT2D eigenvalue weighted by Gasteiger charge is -2.31. The van der Waals surface area contributed by atoms with Crippen molar-refractivity contribution >= 4 is 29.6 Å². The largest absolute Gasteiger partial charge is 0.391 e. The van der Waals surface area contributed by atoms with Crippen LogP contribution in [0.2, 0.25) is 0 Å². The maximum Gasteiger partial charge on any atom is 0.317 e. The van der Waals surface area contributed by atoms with Crippen molar-refractivity contribution in [3.63, 3.8) is 0 Å². The summed E-state index contributed by atoms with van der Waals surface area (Å²) in [6.45, 7) is 7.11. The Morgan fingerprint density at radius 2 is 1.79 bits per heavy atom. The third kappa shape index (κ3) is 7.32. The molecule has 0 bridgehead atoms. The summed E-state index contributed by atoms with van der Waals surface area (Å²) in [7, 11) is 0. The van der Waals surface area contributed by atoms with E-state index in [1.54, 1.807) is 0 Å². The Balaban J connectivity index is 1.50. The van der Waals surface area contributed by atoms with E-state index in [1.807, 2.05) is 75.4 Å². The van der Waals surface area contributed by atoms with Gasteiger partial charge in [0, 0.05) is 30.9 Å². The number of nitrogens with one attached hydrogen (secondary N) is 2. The first-order chi connectivity index (χ1) is 18.5. The molecule has 2 aromatic rings. The number of hydrogen-bond acceptors (Lipinski definition) is 6. The number of nitrogens with zero attached hydrogens (tertiary/aromatic N) is 2. The lowest BCUT2D eigenvalue weighted by molar-refractivity contribution is -0.145. The molecule has 0 aromatic heterocycles. The Labute approximate surface area is 233 Å². The molecule has 4 N–H and O–H groups in total. The predicted octanol–water partition coefficient (Wildman–Crippen LogP) is 2.04. The van der Waals surface area contributed by atoms with E-state index >= 15 is 0 Å². The van der Waals surface area contributed by atoms with Gasteiger partial charge in [-0.3, -0.25) is 9.59 Å². The molecule has 4 rings (SSSR count). The van der Waals surface area contributed by atoms with Gasteiger partial charge in [0.1, 0.15) is 0 Å². The highest BCUT2D eigenvalue weighted by Gasteiger charge is 2.47. The van der Waals surface area contributed by atoms with Gasteiger partial charge in [0.05, 0.1) is 12.1 Å². The van der Waals surface area contributed by atoms with Gasteiger partial charge in [0.25, 0.3) is 11.8 Å². The van der Waals surface area contributed by atoms with Crippen LogP contribution in [0, 0.1) is 6.92 Å². The van der Waals surface area contributed by atoms with Crippen molar-refractivity contribution < 1.29 is 24.6 Å². The molecule has 39 heavy (non-hydrogen) atoms. The zero-order chi connectivity index (χ0) is 28.2. The first-order valence-corrected chi connectivity index (χ1v) is 14.2. The van der Waals surface area contributed by atoms with E-state index in [0.29, 0.717) is 19.5 Å². The molecule has 0 saturated carbocycles. The third-order valence-electron chi connectivity index (χ3n) is 7.18. The van der Waals surface area contributed by atoms with Crippen molar-refractivity contribution in [3.8, 4) is 0 Å². The SMILES string of the molecule is Cc1ccccc1CNC(=O)C1SC(C)(C)CN1C(=O)C(O)C(Cc1ccccc1)NC(=O)N1CCC(O)C1. The fourth-order valence-corrected chi connectivity index (χ4v) is 6.30. The summed E-state index contributed by atoms with van der Waals surface area (Å²) in [6, 6.07) is 15.7. The molecular weight excluding hydrogens is 516 g/mol. The molecule has 0 spiro atoms. The second-order valence-corrected chi connectivity index (χ2v) is 12.7. The number of thioether (sulfide) groups is 1. The highest BCUT2D eigenvalue weighted by atomic mass is 32.2. The van der Waals surface area contributed by atoms with Crippen molar-refractivity contribution in [2.45, 2.75) is 68.5 Å². The van der Waals surface area contributed by atoms with Gasteiger partial charge < -0.3 is 30.6 Å². The molecule has 4 unspecified atom stereocenters. The molecule has 4 amide bonds. The molecule has 2 saturated heterocycles. The van der Waals surface area contributed by atoms with Crippen LogP contribution < -0.4 is 10.6 Å². The van der Waals surface area contributed by atoms with Gasteiger partial charge in [-0.25, -0.2) is 4.79 Å². The number of carbonyl (C=O) groups excluding carboxylic acids is 3. The van der Waals surface area contributed by atoms with Crippen molar-refractivity contribution in [1.82, 2.24) is 20.4 Å². The number of aliphatic hydroxyl groups is 2. The highest BCUT2D eigenvalue weighted by Crippen LogP contribution is 2.39. The normalized spacial score (nSPS) is 21.9. The molecule has 210 valence electrons. The van der Waals surface area contributed by atoms with Crippen LogP contribution in [-0.2, 0) is 22.6 Å². The summed E-state index contributed by atoms with van der Waals surface area (Å²) in [5.74, 6) is -0.907. The number of hydrogen-bond donors (Lipinski definition) is 4. The van der Waals surface area contributed by atoms with Crippen LogP contribution in [0.25, 0.3) is 0 Å². The number of carbonyl (C=O) groups is 3. The van der Waals surface area contributed by atoms with Crippen LogP contribution >= 0.6 is 11.8 Å². The second-order valence-electron chi connectivity index (χ2n) is 10.9. The first kappa shape index (κ1) is 28.9. The highest BCUT2D eigenvalue weighted by molar-refractivity contribution is 8.02. The summed E-state index contributed by atoms with van der Waals surface area (Å²) >= 11 is 1.38. The zero-order valence-electron chi connectivity index (χ0n) is 22.7. The van der Waals surface area contributed by atoms with E-state index in [2.05, 4.69) is 10.6 Å². The minimum absolute atomic E-state index is 0.202. The Hall–Kier alpha value is -3.08. The second kappa shape index (κ2) is 12.4. The minimum Gasteiger partial charge on any atom is -0.391 e. The molecule has 2 aliphatic heterocycles. The first-order valence-electron chi connectivity index (χ1n) is 13.3. The lowest BCUT2D eigenvalue weighted by Crippen LogP contribution is -2.57. The summed E-state index contributed by atoms with van der Waals surface area (Å²) in [6.07, 6.45) is -1.44. The van der Waals surface area contributed by atoms with Gasteiger partial charge in [0.2, 0.25) is 0 Å². The third-order valence-corrected chi connectivity index (χ3v) is 8.64. The molecule has 2 aromatic carbocycles. The van der Waals surface area contributed by atoms with Gasteiger partial charge in [-0.05, 0) is 50.3 Å². The number of likely N-dealkylation sites (tertiary alicyclic amines) is 1. The fraction of sp³-hybridized carbons (Fsp3) is 0.483. The predicted molar refractivity (Wildman–Crippen MR) is 151 cm³/mol. The molecular formula is C29H38N4O5S. The molecule has 0 radical (unpaired) electrons. The van der Waals surface area contributed by atoms with Crippen LogP contribution in [0.5, 0.6) is 0 Å². The number of urea groups is 1. The molecule has 0 aliphatic carbocycles. The maximum absolute atomic E-state index is 13.7. The van der Waals surface area contributed by atoms with Gasteiger partial charge >= 0.3 is 6.03 Å². The summed E-state index contributed by atoms with van der Waals surface area (Å²) < 4.78 is -0.399. The molecule has 2 heterocycles. The summed E-state index contributed by atoms with van der Waals surface area (Å²) in [5, 5.41) is 26.1. The Kier molecular flexibility index (Phi) is 9.19. The molecule has 4 atom stereocenters. The van der Waals surface area contributed by atoms with Crippen LogP contribution in [0.4, 0.5) is 4.79 Å². The molecule has 10 heteroatoms. The summed E-state index contributed by atoms with van der Waals surface area (Å²) in [5.41, 5.74) is 2.90. The van der Waals surface area contributed by atoms with Crippen molar-refractivity contribution in [3.05, 3.63) is 71.3 Å². The Morgan fingerprint density at radius 1 is 1.10 bits per heavy atom. The Morgan fingerprint density at radius 3 is 2.46 bits per heavy atom. The van der Waals surface area contributed by atoms with Crippen LogP contribution in [0.3, 0.4) is 0 Å². The van der Waals surface area contributed by atoms with Gasteiger partial charge in [0.15, 0.2) is 11.5 Å².